The summed E-state index contributed by atoms with van der Waals surface area (Å²) >= 11 is 6.71. The number of nitrogens with one attached hydrogen (secondary N) is 1. The van der Waals surface area contributed by atoms with Crippen LogP contribution in [0.4, 0.5) is 11.5 Å². The molecule has 208 valence electrons. The maximum atomic E-state index is 9.32. The molecule has 3 aromatic rings. The van der Waals surface area contributed by atoms with Crippen molar-refractivity contribution < 1.29 is 4.74 Å². The molecular weight excluding hydrogens is 522 g/mol. The van der Waals surface area contributed by atoms with E-state index in [1.54, 1.807) is 0 Å². The minimum Gasteiger partial charge on any atom is -0.461 e. The van der Waals surface area contributed by atoms with Crippen molar-refractivity contribution in [2.45, 2.75) is 56.7 Å². The highest BCUT2D eigenvalue weighted by Gasteiger charge is 2.45. The molecule has 7 rings (SSSR count). The van der Waals surface area contributed by atoms with Crippen LogP contribution in [0, 0.1) is 11.3 Å². The van der Waals surface area contributed by atoms with Gasteiger partial charge in [-0.2, -0.15) is 15.2 Å². The van der Waals surface area contributed by atoms with Crippen LogP contribution >= 0.6 is 11.6 Å². The predicted molar refractivity (Wildman–Crippen MR) is 158 cm³/mol. The Balaban J connectivity index is 1.23. The van der Waals surface area contributed by atoms with Crippen LogP contribution in [0.2, 0.25) is 5.02 Å². The third-order valence-electron chi connectivity index (χ3n) is 9.37. The molecule has 0 radical (unpaired) electrons. The third-order valence-corrected chi connectivity index (χ3v) is 9.68. The van der Waals surface area contributed by atoms with Crippen LogP contribution in [0.3, 0.4) is 0 Å². The number of piperazine rings is 1. The van der Waals surface area contributed by atoms with Crippen molar-refractivity contribution >= 4 is 33.9 Å². The molecular formula is C31H36ClN7O. The van der Waals surface area contributed by atoms with Crippen molar-refractivity contribution in [1.82, 2.24) is 20.2 Å². The first-order chi connectivity index (χ1) is 19.6. The monoisotopic (exact) mass is 557 g/mol. The summed E-state index contributed by atoms with van der Waals surface area (Å²) in [6, 6.07) is 15.4. The highest BCUT2D eigenvalue weighted by molar-refractivity contribution is 6.36. The van der Waals surface area contributed by atoms with E-state index >= 15 is 0 Å². The molecule has 4 aliphatic heterocycles. The Morgan fingerprint density at radius 1 is 1.05 bits per heavy atom. The topological polar surface area (TPSA) is 80.5 Å². The van der Waals surface area contributed by atoms with Gasteiger partial charge in [0, 0.05) is 48.9 Å². The van der Waals surface area contributed by atoms with E-state index in [0.29, 0.717) is 25.6 Å². The number of ether oxygens (including phenoxy) is 1. The van der Waals surface area contributed by atoms with E-state index in [2.05, 4.69) is 50.4 Å². The maximum Gasteiger partial charge on any atom is 0.318 e. The zero-order valence-electron chi connectivity index (χ0n) is 22.9. The molecule has 0 saturated carbocycles. The van der Waals surface area contributed by atoms with Gasteiger partial charge in [-0.3, -0.25) is 4.90 Å². The number of aromatic nitrogens is 2. The van der Waals surface area contributed by atoms with E-state index < -0.39 is 0 Å². The molecule has 9 heteroatoms. The molecule has 8 nitrogen and oxygen atoms in total. The second-order valence-electron chi connectivity index (χ2n) is 11.7. The lowest BCUT2D eigenvalue weighted by atomic mass is 9.95. The Labute approximate surface area is 240 Å². The van der Waals surface area contributed by atoms with Gasteiger partial charge in [-0.05, 0) is 62.7 Å². The van der Waals surface area contributed by atoms with Crippen molar-refractivity contribution in [2.75, 3.05) is 55.7 Å². The molecule has 1 N–H and O–H groups in total. The molecule has 0 spiro atoms. The Morgan fingerprint density at radius 2 is 1.88 bits per heavy atom. The number of rotatable bonds is 6. The Morgan fingerprint density at radius 3 is 2.70 bits per heavy atom. The standard InChI is InChI=1S/C31H36ClN7O/c32-25-7-1-5-22-6-2-8-27(28(22)25)37-17-10-24-26(20-37)35-30(40-21-31-11-3-15-39(31)16-4-12-31)36-29(24)38-18-14-34-23(19-38)9-13-33/h1-2,5-8,23,34H,3-4,9-12,14-21H2/t23-/m0/s1. The van der Waals surface area contributed by atoms with Crippen LogP contribution in [0.15, 0.2) is 36.4 Å². The van der Waals surface area contributed by atoms with Crippen LogP contribution < -0.4 is 19.9 Å². The van der Waals surface area contributed by atoms with Gasteiger partial charge < -0.3 is 19.9 Å². The SMILES string of the molecule is N#CC[C@H]1CN(c2nc(OCC34CCCN3CCC4)nc3c2CCN(c2cccc4cccc(Cl)c24)C3)CCN1. The normalized spacial score (nSPS) is 22.2. The van der Waals surface area contributed by atoms with Gasteiger partial charge in [0.05, 0.1) is 35.3 Å². The van der Waals surface area contributed by atoms with Gasteiger partial charge in [0.2, 0.25) is 0 Å². The first kappa shape index (κ1) is 25.8. The van der Waals surface area contributed by atoms with Gasteiger partial charge in [-0.1, -0.05) is 35.9 Å². The lowest BCUT2D eigenvalue weighted by molar-refractivity contribution is 0.107. The number of halogens is 1. The summed E-state index contributed by atoms with van der Waals surface area (Å²) in [5.41, 5.74) is 3.50. The molecule has 0 amide bonds. The Hall–Kier alpha value is -3.12. The summed E-state index contributed by atoms with van der Waals surface area (Å²) < 4.78 is 6.50. The first-order valence-corrected chi connectivity index (χ1v) is 15.1. The average Bonchev–Trinajstić information content (AvgIpc) is 3.56. The van der Waals surface area contributed by atoms with E-state index in [1.165, 1.54) is 44.3 Å². The molecule has 40 heavy (non-hydrogen) atoms. The second-order valence-corrected chi connectivity index (χ2v) is 12.1. The zero-order chi connectivity index (χ0) is 27.1. The van der Waals surface area contributed by atoms with E-state index in [9.17, 15) is 5.26 Å². The molecule has 4 aliphatic rings. The Bertz CT molecular complexity index is 1440. The summed E-state index contributed by atoms with van der Waals surface area (Å²) in [6.45, 7) is 6.97. The first-order valence-electron chi connectivity index (χ1n) is 14.7. The fourth-order valence-electron chi connectivity index (χ4n) is 7.38. The molecule has 0 unspecified atom stereocenters. The summed E-state index contributed by atoms with van der Waals surface area (Å²) in [5.74, 6) is 0.979. The van der Waals surface area contributed by atoms with Crippen LogP contribution in [-0.4, -0.2) is 72.3 Å². The van der Waals surface area contributed by atoms with Gasteiger partial charge >= 0.3 is 6.01 Å². The van der Waals surface area contributed by atoms with Crippen LogP contribution in [0.25, 0.3) is 10.8 Å². The maximum absolute atomic E-state index is 9.32. The number of benzene rings is 2. The summed E-state index contributed by atoms with van der Waals surface area (Å²) in [5, 5.41) is 15.8. The molecule has 1 atom stereocenters. The second kappa shape index (κ2) is 10.7. The molecule has 3 saturated heterocycles. The lowest BCUT2D eigenvalue weighted by Crippen LogP contribution is -2.51. The van der Waals surface area contributed by atoms with E-state index in [1.807, 2.05) is 12.1 Å². The molecule has 2 aromatic carbocycles. The van der Waals surface area contributed by atoms with Crippen LogP contribution in [0.5, 0.6) is 6.01 Å². The minimum atomic E-state index is 0.135. The van der Waals surface area contributed by atoms with E-state index in [-0.39, 0.29) is 11.6 Å². The minimum absolute atomic E-state index is 0.135. The summed E-state index contributed by atoms with van der Waals surface area (Å²) in [7, 11) is 0. The Kier molecular flexibility index (Phi) is 6.91. The number of nitrogens with zero attached hydrogens (tertiary/aromatic N) is 6. The van der Waals surface area contributed by atoms with E-state index in [0.717, 1.165) is 65.6 Å². The average molecular weight is 558 g/mol. The summed E-state index contributed by atoms with van der Waals surface area (Å²) in [4.78, 5) is 17.5. The van der Waals surface area contributed by atoms with Gasteiger partial charge in [0.1, 0.15) is 12.4 Å². The van der Waals surface area contributed by atoms with Crippen molar-refractivity contribution in [3.8, 4) is 12.1 Å². The van der Waals surface area contributed by atoms with Crippen LogP contribution in [-0.2, 0) is 13.0 Å². The molecule has 0 aliphatic carbocycles. The molecule has 3 fully saturated rings. The lowest BCUT2D eigenvalue weighted by Gasteiger charge is -2.38. The quantitative estimate of drug-likeness (QED) is 0.473. The van der Waals surface area contributed by atoms with Gasteiger partial charge in [-0.25, -0.2) is 0 Å². The predicted octanol–water partition coefficient (Wildman–Crippen LogP) is 4.54. The highest BCUT2D eigenvalue weighted by atomic mass is 35.5. The molecule has 5 heterocycles. The van der Waals surface area contributed by atoms with Crippen LogP contribution in [0.1, 0.15) is 43.4 Å². The van der Waals surface area contributed by atoms with Gasteiger partial charge in [-0.15, -0.1) is 0 Å². The number of hydrogen-bond acceptors (Lipinski definition) is 8. The van der Waals surface area contributed by atoms with Gasteiger partial charge in [0.15, 0.2) is 0 Å². The number of nitriles is 1. The molecule has 1 aromatic heterocycles. The number of hydrogen-bond donors (Lipinski definition) is 1. The highest BCUT2D eigenvalue weighted by Crippen LogP contribution is 2.40. The van der Waals surface area contributed by atoms with Crippen molar-refractivity contribution in [2.24, 2.45) is 0 Å². The van der Waals surface area contributed by atoms with E-state index in [4.69, 9.17) is 26.3 Å². The number of anilines is 2. The largest absolute Gasteiger partial charge is 0.461 e. The van der Waals surface area contributed by atoms with Gasteiger partial charge in [0.25, 0.3) is 0 Å². The number of fused-ring (bicyclic) bond motifs is 3. The fourth-order valence-corrected chi connectivity index (χ4v) is 7.66. The third kappa shape index (κ3) is 4.64. The van der Waals surface area contributed by atoms with Crippen molar-refractivity contribution in [1.29, 1.82) is 5.26 Å². The van der Waals surface area contributed by atoms with Crippen molar-refractivity contribution in [3.05, 3.63) is 52.7 Å². The summed E-state index contributed by atoms with van der Waals surface area (Å²) in [6.07, 6.45) is 6.19. The zero-order valence-corrected chi connectivity index (χ0v) is 23.7. The molecule has 0 bridgehead atoms. The smallest absolute Gasteiger partial charge is 0.318 e. The van der Waals surface area contributed by atoms with Crippen molar-refractivity contribution in [3.63, 3.8) is 0 Å². The fraction of sp³-hybridized carbons (Fsp3) is 0.516.